The van der Waals surface area contributed by atoms with Crippen LogP contribution in [0.15, 0.2) is 29.2 Å². The first-order valence-electron chi connectivity index (χ1n) is 9.38. The summed E-state index contributed by atoms with van der Waals surface area (Å²) in [6, 6.07) is 6.45. The van der Waals surface area contributed by atoms with Crippen LogP contribution < -0.4 is 4.74 Å². The van der Waals surface area contributed by atoms with Gasteiger partial charge in [-0.1, -0.05) is 19.1 Å². The average molecular weight is 410 g/mol. The number of amides is 1. The Labute approximate surface area is 165 Å². The van der Waals surface area contributed by atoms with E-state index in [9.17, 15) is 18.0 Å². The molecule has 1 amide bonds. The molecule has 8 nitrogen and oxygen atoms in total. The van der Waals surface area contributed by atoms with Gasteiger partial charge in [0.15, 0.2) is 0 Å². The number of methoxy groups -OCH3 is 1. The van der Waals surface area contributed by atoms with Crippen LogP contribution in [-0.2, 0) is 24.3 Å². The molecular weight excluding hydrogens is 384 g/mol. The lowest BCUT2D eigenvalue weighted by Crippen LogP contribution is -2.53. The van der Waals surface area contributed by atoms with Crippen LogP contribution in [-0.4, -0.2) is 69.4 Å². The van der Waals surface area contributed by atoms with Crippen LogP contribution in [0.2, 0.25) is 0 Å². The van der Waals surface area contributed by atoms with E-state index in [1.165, 1.54) is 17.5 Å². The Morgan fingerprint density at radius 3 is 2.54 bits per heavy atom. The summed E-state index contributed by atoms with van der Waals surface area (Å²) in [5, 5.41) is 0. The Morgan fingerprint density at radius 1 is 1.21 bits per heavy atom. The molecule has 2 aliphatic rings. The lowest BCUT2D eigenvalue weighted by molar-refractivity contribution is -0.141. The fraction of sp³-hybridized carbons (Fsp3) is 0.579. The van der Waals surface area contributed by atoms with Crippen molar-refractivity contribution >= 4 is 21.9 Å². The highest BCUT2D eigenvalue weighted by atomic mass is 32.2. The molecule has 0 atom stereocenters. The van der Waals surface area contributed by atoms with Crippen molar-refractivity contribution < 1.29 is 27.5 Å². The monoisotopic (exact) mass is 410 g/mol. The standard InChI is InChI=1S/C19H26N2O6S/c1-3-17(22)20-10-8-19(9-11-20)13-21(12-18(23)26-2)28(24,25)16-7-5-4-6-15(16)27-14-19/h4-7H,3,8-14H2,1-2H3. The van der Waals surface area contributed by atoms with E-state index in [4.69, 9.17) is 9.47 Å². The van der Waals surface area contributed by atoms with Gasteiger partial charge in [0, 0.05) is 31.5 Å². The first-order chi connectivity index (χ1) is 13.3. The Kier molecular flexibility index (Phi) is 5.95. The third-order valence-electron chi connectivity index (χ3n) is 5.52. The summed E-state index contributed by atoms with van der Waals surface area (Å²) in [7, 11) is -2.69. The van der Waals surface area contributed by atoms with Gasteiger partial charge in [-0.2, -0.15) is 4.31 Å². The molecule has 0 saturated carbocycles. The SMILES string of the molecule is CCC(=O)N1CCC2(CC1)COc1ccccc1S(=O)(=O)N(CC(=O)OC)C2. The second-order valence-corrected chi connectivity index (χ2v) is 9.23. The van der Waals surface area contributed by atoms with Gasteiger partial charge >= 0.3 is 5.97 Å². The minimum atomic E-state index is -3.93. The van der Waals surface area contributed by atoms with E-state index in [-0.39, 0.29) is 29.6 Å². The van der Waals surface area contributed by atoms with Crippen LogP contribution in [0.5, 0.6) is 5.75 Å². The largest absolute Gasteiger partial charge is 0.492 e. The first-order valence-corrected chi connectivity index (χ1v) is 10.8. The molecule has 154 valence electrons. The van der Waals surface area contributed by atoms with Crippen molar-refractivity contribution in [2.45, 2.75) is 31.1 Å². The number of piperidine rings is 1. The molecule has 28 heavy (non-hydrogen) atoms. The van der Waals surface area contributed by atoms with E-state index in [0.29, 0.717) is 39.0 Å². The Hall–Kier alpha value is -2.13. The summed E-state index contributed by atoms with van der Waals surface area (Å²) < 4.78 is 38.3. The molecule has 2 heterocycles. The number of hydrogen-bond donors (Lipinski definition) is 0. The molecular formula is C19H26N2O6S. The van der Waals surface area contributed by atoms with E-state index >= 15 is 0 Å². The van der Waals surface area contributed by atoms with Crippen LogP contribution in [0.3, 0.4) is 0 Å². The summed E-state index contributed by atoms with van der Waals surface area (Å²) >= 11 is 0. The van der Waals surface area contributed by atoms with Gasteiger partial charge in [0.25, 0.3) is 0 Å². The molecule has 0 radical (unpaired) electrons. The van der Waals surface area contributed by atoms with Crippen molar-refractivity contribution in [1.29, 1.82) is 0 Å². The van der Waals surface area contributed by atoms with Gasteiger partial charge in [-0.05, 0) is 25.0 Å². The highest BCUT2D eigenvalue weighted by Gasteiger charge is 2.44. The highest BCUT2D eigenvalue weighted by molar-refractivity contribution is 7.89. The van der Waals surface area contributed by atoms with Crippen LogP contribution in [0.25, 0.3) is 0 Å². The van der Waals surface area contributed by atoms with Crippen molar-refractivity contribution in [2.24, 2.45) is 5.41 Å². The van der Waals surface area contributed by atoms with Crippen molar-refractivity contribution in [1.82, 2.24) is 9.21 Å². The smallest absolute Gasteiger partial charge is 0.321 e. The predicted molar refractivity (Wildman–Crippen MR) is 101 cm³/mol. The minimum Gasteiger partial charge on any atom is -0.492 e. The maximum Gasteiger partial charge on any atom is 0.321 e. The average Bonchev–Trinajstić information content (AvgIpc) is 2.71. The first kappa shape index (κ1) is 20.6. The quantitative estimate of drug-likeness (QED) is 0.697. The topological polar surface area (TPSA) is 93.2 Å². The van der Waals surface area contributed by atoms with Crippen LogP contribution in [0.1, 0.15) is 26.2 Å². The zero-order chi connectivity index (χ0) is 20.4. The summed E-state index contributed by atoms with van der Waals surface area (Å²) in [5.41, 5.74) is -0.473. The predicted octanol–water partition coefficient (Wildman–Crippen LogP) is 1.26. The van der Waals surface area contributed by atoms with Crippen molar-refractivity contribution in [3.63, 3.8) is 0 Å². The maximum absolute atomic E-state index is 13.2. The number of fused-ring (bicyclic) bond motifs is 1. The Balaban J connectivity index is 1.94. The van der Waals surface area contributed by atoms with Crippen molar-refractivity contribution in [3.05, 3.63) is 24.3 Å². The Bertz CT molecular complexity index is 846. The molecule has 1 aromatic carbocycles. The molecule has 1 fully saturated rings. The van der Waals surface area contributed by atoms with Crippen molar-refractivity contribution in [3.8, 4) is 5.75 Å². The van der Waals surface area contributed by atoms with Gasteiger partial charge in [0.1, 0.15) is 17.2 Å². The number of ether oxygens (including phenoxy) is 2. The fourth-order valence-corrected chi connectivity index (χ4v) is 5.39. The number of rotatable bonds is 3. The number of nitrogens with zero attached hydrogens (tertiary/aromatic N) is 2. The van der Waals surface area contributed by atoms with Gasteiger partial charge in [-0.15, -0.1) is 0 Å². The van der Waals surface area contributed by atoms with Gasteiger partial charge in [0.2, 0.25) is 15.9 Å². The van der Waals surface area contributed by atoms with Gasteiger partial charge < -0.3 is 14.4 Å². The maximum atomic E-state index is 13.2. The summed E-state index contributed by atoms with van der Waals surface area (Å²) in [5.74, 6) is -0.245. The van der Waals surface area contributed by atoms with Gasteiger partial charge in [-0.25, -0.2) is 8.42 Å². The highest BCUT2D eigenvalue weighted by Crippen LogP contribution is 2.39. The Morgan fingerprint density at radius 2 is 1.89 bits per heavy atom. The number of sulfonamides is 1. The molecule has 2 aliphatic heterocycles. The molecule has 0 bridgehead atoms. The van der Waals surface area contributed by atoms with E-state index in [2.05, 4.69) is 0 Å². The number of likely N-dealkylation sites (tertiary alicyclic amines) is 1. The third-order valence-corrected chi connectivity index (χ3v) is 7.36. The summed E-state index contributed by atoms with van der Waals surface area (Å²) in [4.78, 5) is 25.8. The van der Waals surface area contributed by atoms with Crippen LogP contribution in [0, 0.1) is 5.41 Å². The van der Waals surface area contributed by atoms with E-state index in [1.807, 2.05) is 6.92 Å². The molecule has 1 spiro atoms. The number of esters is 1. The zero-order valence-corrected chi connectivity index (χ0v) is 17.0. The summed E-state index contributed by atoms with van der Waals surface area (Å²) in [6.45, 7) is 3.03. The molecule has 0 aliphatic carbocycles. The number of para-hydroxylation sites is 1. The fourth-order valence-electron chi connectivity index (χ4n) is 3.76. The van der Waals surface area contributed by atoms with Crippen molar-refractivity contribution in [2.75, 3.05) is 39.9 Å². The van der Waals surface area contributed by atoms with E-state index < -0.39 is 21.4 Å². The second-order valence-electron chi connectivity index (χ2n) is 7.32. The molecule has 0 aromatic heterocycles. The normalized spacial score (nSPS) is 21.1. The molecule has 0 N–H and O–H groups in total. The second kappa shape index (κ2) is 8.08. The third kappa shape index (κ3) is 4.00. The summed E-state index contributed by atoms with van der Waals surface area (Å²) in [6.07, 6.45) is 1.65. The lowest BCUT2D eigenvalue weighted by atomic mass is 9.78. The molecule has 9 heteroatoms. The van der Waals surface area contributed by atoms with E-state index in [0.717, 1.165) is 0 Å². The number of benzene rings is 1. The van der Waals surface area contributed by atoms with E-state index in [1.54, 1.807) is 23.1 Å². The van der Waals surface area contributed by atoms with Gasteiger partial charge in [0.05, 0.1) is 13.7 Å². The van der Waals surface area contributed by atoms with Gasteiger partial charge in [-0.3, -0.25) is 9.59 Å². The van der Waals surface area contributed by atoms with Crippen LogP contribution >= 0.6 is 0 Å². The molecule has 3 rings (SSSR count). The number of carbonyl (C=O) groups is 2. The lowest BCUT2D eigenvalue weighted by Gasteiger charge is -2.44. The number of hydrogen-bond acceptors (Lipinski definition) is 6. The molecule has 0 unspecified atom stereocenters. The van der Waals surface area contributed by atoms with Crippen LogP contribution in [0.4, 0.5) is 0 Å². The molecule has 1 saturated heterocycles. The number of carbonyl (C=O) groups excluding carboxylic acids is 2. The molecule has 1 aromatic rings. The zero-order valence-electron chi connectivity index (χ0n) is 16.2. The minimum absolute atomic E-state index is 0.0485.